The molecule has 0 unspecified atom stereocenters. The molecular formula is C20H27F2O+. The van der Waals surface area contributed by atoms with E-state index in [2.05, 4.69) is 18.1 Å². The van der Waals surface area contributed by atoms with E-state index >= 15 is 0 Å². The van der Waals surface area contributed by atoms with Crippen molar-refractivity contribution in [2.75, 3.05) is 0 Å². The van der Waals surface area contributed by atoms with E-state index in [0.717, 1.165) is 43.4 Å². The maximum absolute atomic E-state index is 14.2. The first-order valence-corrected chi connectivity index (χ1v) is 9.00. The van der Waals surface area contributed by atoms with Crippen LogP contribution in [-0.4, -0.2) is 6.79 Å². The summed E-state index contributed by atoms with van der Waals surface area (Å²) in [5.74, 6) is 0.901. The Balaban J connectivity index is 1.63. The van der Waals surface area contributed by atoms with Crippen molar-refractivity contribution in [1.29, 1.82) is 0 Å². The molecule has 2 aliphatic carbocycles. The van der Waals surface area contributed by atoms with Crippen LogP contribution in [0.4, 0.5) is 8.78 Å². The van der Waals surface area contributed by atoms with Gasteiger partial charge in [-0.3, -0.25) is 0 Å². The lowest BCUT2D eigenvalue weighted by atomic mass is 9.68. The van der Waals surface area contributed by atoms with E-state index in [9.17, 15) is 8.78 Å². The molecule has 3 rings (SSSR count). The zero-order chi connectivity index (χ0) is 16.4. The van der Waals surface area contributed by atoms with Gasteiger partial charge in [-0.2, -0.15) is 4.39 Å². The van der Waals surface area contributed by atoms with Crippen LogP contribution in [-0.2, 0) is 4.42 Å². The van der Waals surface area contributed by atoms with E-state index < -0.39 is 11.6 Å². The smallest absolute Gasteiger partial charge is 0.221 e. The van der Waals surface area contributed by atoms with Gasteiger partial charge in [-0.25, -0.2) is 8.82 Å². The highest BCUT2D eigenvalue weighted by molar-refractivity contribution is 5.33. The van der Waals surface area contributed by atoms with Gasteiger partial charge in [-0.05, 0) is 73.8 Å². The van der Waals surface area contributed by atoms with Crippen LogP contribution in [0.1, 0.15) is 69.8 Å². The maximum Gasteiger partial charge on any atom is 0.389 e. The fourth-order valence-electron chi connectivity index (χ4n) is 4.63. The van der Waals surface area contributed by atoms with Gasteiger partial charge in [-0.15, -0.1) is 0 Å². The van der Waals surface area contributed by atoms with E-state index in [0.29, 0.717) is 5.56 Å². The van der Waals surface area contributed by atoms with Gasteiger partial charge in [0.15, 0.2) is 5.82 Å². The first kappa shape index (κ1) is 16.6. The Morgan fingerprint density at radius 3 is 2.00 bits per heavy atom. The van der Waals surface area contributed by atoms with Crippen LogP contribution in [0.5, 0.6) is 5.75 Å². The van der Waals surface area contributed by atoms with Crippen LogP contribution in [0, 0.1) is 29.4 Å². The molecule has 0 atom stereocenters. The Morgan fingerprint density at radius 1 is 0.870 bits per heavy atom. The minimum Gasteiger partial charge on any atom is -0.221 e. The van der Waals surface area contributed by atoms with Crippen molar-refractivity contribution in [2.45, 2.75) is 64.2 Å². The molecule has 0 amide bonds. The minimum atomic E-state index is -0.902. The Morgan fingerprint density at radius 2 is 1.43 bits per heavy atom. The molecule has 0 bridgehead atoms. The Labute approximate surface area is 137 Å². The Kier molecular flexibility index (Phi) is 5.13. The minimum absolute atomic E-state index is 0.115. The highest BCUT2D eigenvalue weighted by atomic mass is 19.2. The molecule has 1 nitrogen and oxygen atoms in total. The van der Waals surface area contributed by atoms with Crippen molar-refractivity contribution >= 4 is 6.79 Å². The largest absolute Gasteiger partial charge is 0.389 e. The van der Waals surface area contributed by atoms with E-state index in [1.807, 2.05) is 0 Å². The molecule has 0 aromatic heterocycles. The highest BCUT2D eigenvalue weighted by Crippen LogP contribution is 2.44. The van der Waals surface area contributed by atoms with Gasteiger partial charge in [-0.1, -0.05) is 19.8 Å². The average Bonchev–Trinajstić information content (AvgIpc) is 2.58. The van der Waals surface area contributed by atoms with Crippen LogP contribution in [0.2, 0.25) is 0 Å². The van der Waals surface area contributed by atoms with Crippen molar-refractivity contribution in [1.82, 2.24) is 0 Å². The summed E-state index contributed by atoms with van der Waals surface area (Å²) < 4.78 is 32.7. The Hall–Kier alpha value is -1.25. The summed E-state index contributed by atoms with van der Waals surface area (Å²) in [5.41, 5.74) is 0.513. The number of carbonyl (C=O) groups excluding carboxylic acids is 1. The Bertz CT molecular complexity index is 553. The van der Waals surface area contributed by atoms with Crippen molar-refractivity contribution in [2.24, 2.45) is 17.8 Å². The van der Waals surface area contributed by atoms with E-state index in [4.69, 9.17) is 0 Å². The fraction of sp³-hybridized carbons (Fsp3) is 0.650. The van der Waals surface area contributed by atoms with Gasteiger partial charge in [0.25, 0.3) is 12.6 Å². The first-order valence-electron chi connectivity index (χ1n) is 9.00. The lowest BCUT2D eigenvalue weighted by Gasteiger charge is -2.37. The van der Waals surface area contributed by atoms with Crippen LogP contribution in [0.3, 0.4) is 0 Å². The quantitative estimate of drug-likeness (QED) is 0.592. The third-order valence-corrected chi connectivity index (χ3v) is 6.17. The summed E-state index contributed by atoms with van der Waals surface area (Å²) >= 11 is 0. The molecule has 0 aliphatic heterocycles. The van der Waals surface area contributed by atoms with Crippen LogP contribution >= 0.6 is 0 Å². The topological polar surface area (TPSA) is 11.3 Å². The summed E-state index contributed by atoms with van der Waals surface area (Å²) in [5, 5.41) is 0. The molecule has 0 heterocycles. The molecule has 0 spiro atoms. The number of halogens is 2. The second kappa shape index (κ2) is 7.11. The molecule has 0 N–H and O–H groups in total. The van der Waals surface area contributed by atoms with Crippen molar-refractivity contribution in [3.63, 3.8) is 0 Å². The first-order chi connectivity index (χ1) is 11.1. The molecule has 23 heavy (non-hydrogen) atoms. The molecule has 1 aromatic carbocycles. The average molecular weight is 321 g/mol. The predicted octanol–water partition coefficient (Wildman–Crippen LogP) is 6.14. The van der Waals surface area contributed by atoms with Gasteiger partial charge in [0.2, 0.25) is 0 Å². The van der Waals surface area contributed by atoms with Gasteiger partial charge in [0, 0.05) is 6.07 Å². The summed E-state index contributed by atoms with van der Waals surface area (Å²) in [7, 11) is 0. The summed E-state index contributed by atoms with van der Waals surface area (Å²) in [6.45, 7) is 5.51. The van der Waals surface area contributed by atoms with Crippen LogP contribution < -0.4 is 0 Å². The summed E-state index contributed by atoms with van der Waals surface area (Å²) in [6.07, 6.45) is 9.67. The molecule has 0 radical (unpaired) electrons. The molecule has 2 fully saturated rings. The molecule has 0 saturated heterocycles. The summed E-state index contributed by atoms with van der Waals surface area (Å²) in [4.78, 5) is 0. The van der Waals surface area contributed by atoms with E-state index in [1.165, 1.54) is 31.7 Å². The summed E-state index contributed by atoms with van der Waals surface area (Å²) in [6, 6.07) is 3.17. The van der Waals surface area contributed by atoms with Crippen LogP contribution in [0.15, 0.2) is 12.1 Å². The zero-order valence-corrected chi connectivity index (χ0v) is 14.0. The molecule has 2 saturated carbocycles. The lowest BCUT2D eigenvalue weighted by molar-refractivity contribution is -0.358. The molecule has 3 heteroatoms. The monoisotopic (exact) mass is 321 g/mol. The standard InChI is InChI=1S/C20H27F2O/c1-13-3-5-14(6-4-13)15-7-9-16(10-8-15)17-11-12-18(23-2)20(22)19(17)21/h11-16H,2-10H2,1H3/q+1. The fourth-order valence-corrected chi connectivity index (χ4v) is 4.63. The van der Waals surface area contributed by atoms with Gasteiger partial charge < -0.3 is 0 Å². The van der Waals surface area contributed by atoms with Crippen molar-refractivity contribution in [3.8, 4) is 5.75 Å². The van der Waals surface area contributed by atoms with Gasteiger partial charge in [0.1, 0.15) is 0 Å². The molecule has 2 aliphatic rings. The maximum atomic E-state index is 14.2. The van der Waals surface area contributed by atoms with E-state index in [-0.39, 0.29) is 11.7 Å². The third-order valence-electron chi connectivity index (χ3n) is 6.17. The molecule has 126 valence electrons. The number of hydrogen-bond donors (Lipinski definition) is 0. The number of rotatable bonds is 3. The normalized spacial score (nSPS) is 31.8. The van der Waals surface area contributed by atoms with Gasteiger partial charge in [0.05, 0.1) is 0 Å². The highest BCUT2D eigenvalue weighted by Gasteiger charge is 2.32. The second-order valence-electron chi connectivity index (χ2n) is 7.56. The van der Waals surface area contributed by atoms with Crippen molar-refractivity contribution in [3.05, 3.63) is 29.3 Å². The number of benzene rings is 1. The zero-order valence-electron chi connectivity index (χ0n) is 14.0. The van der Waals surface area contributed by atoms with Gasteiger partial charge >= 0.3 is 5.75 Å². The SMILES string of the molecule is C=[O+]c1ccc(C2CCC(C3CCC(C)CC3)CC2)c(F)c1F. The predicted molar refractivity (Wildman–Crippen MR) is 88.7 cm³/mol. The van der Waals surface area contributed by atoms with E-state index in [1.54, 1.807) is 6.07 Å². The van der Waals surface area contributed by atoms with Crippen molar-refractivity contribution < 1.29 is 13.2 Å². The number of hydrogen-bond acceptors (Lipinski definition) is 0. The third kappa shape index (κ3) is 3.49. The van der Waals surface area contributed by atoms with Crippen LogP contribution in [0.25, 0.3) is 0 Å². The second-order valence-corrected chi connectivity index (χ2v) is 7.56. The molecular weight excluding hydrogens is 294 g/mol. The molecule has 1 aromatic rings. The lowest BCUT2D eigenvalue weighted by Crippen LogP contribution is -2.25.